The highest BCUT2D eigenvalue weighted by Crippen LogP contribution is 2.22. The van der Waals surface area contributed by atoms with Crippen molar-refractivity contribution in [1.29, 1.82) is 5.26 Å². The van der Waals surface area contributed by atoms with Gasteiger partial charge >= 0.3 is 0 Å². The zero-order valence-corrected chi connectivity index (χ0v) is 11.3. The second kappa shape index (κ2) is 7.09. The van der Waals surface area contributed by atoms with Crippen LogP contribution in [0.4, 0.5) is 11.4 Å². The maximum Gasteiger partial charge on any atom is 0.287 e. The van der Waals surface area contributed by atoms with Crippen LogP contribution in [0.1, 0.15) is 25.8 Å². The van der Waals surface area contributed by atoms with E-state index in [0.29, 0.717) is 12.2 Å². The fourth-order valence-electron chi connectivity index (χ4n) is 1.59. The molecule has 106 valence electrons. The topological polar surface area (TPSA) is 108 Å². The van der Waals surface area contributed by atoms with Crippen molar-refractivity contribution in [2.24, 2.45) is 0 Å². The molecule has 2 N–H and O–H groups in total. The van der Waals surface area contributed by atoms with Crippen molar-refractivity contribution in [3.8, 4) is 6.07 Å². The predicted octanol–water partition coefficient (Wildman–Crippen LogP) is 1.79. The van der Waals surface area contributed by atoms with Gasteiger partial charge in [0.2, 0.25) is 5.91 Å². The zero-order valence-electron chi connectivity index (χ0n) is 11.3. The highest BCUT2D eigenvalue weighted by molar-refractivity contribution is 5.84. The Bertz CT molecular complexity index is 551. The first kappa shape index (κ1) is 15.4. The number of hydrogen-bond acceptors (Lipinski definition) is 5. The summed E-state index contributed by atoms with van der Waals surface area (Å²) in [6, 6.07) is 5.37. The van der Waals surface area contributed by atoms with Gasteiger partial charge in [-0.1, -0.05) is 6.92 Å². The van der Waals surface area contributed by atoms with Gasteiger partial charge in [0.1, 0.15) is 17.7 Å². The van der Waals surface area contributed by atoms with E-state index >= 15 is 0 Å². The summed E-state index contributed by atoms with van der Waals surface area (Å²) >= 11 is 0. The number of nitro groups is 1. The van der Waals surface area contributed by atoms with Gasteiger partial charge in [-0.3, -0.25) is 14.9 Å². The van der Waals surface area contributed by atoms with Crippen LogP contribution in [0.2, 0.25) is 0 Å². The average molecular weight is 276 g/mol. The van der Waals surface area contributed by atoms with Gasteiger partial charge in [-0.15, -0.1) is 0 Å². The van der Waals surface area contributed by atoms with Crippen LogP contribution in [0.3, 0.4) is 0 Å². The minimum Gasteiger partial charge on any atom is -0.374 e. The molecule has 1 atom stereocenters. The first-order valence-electron chi connectivity index (χ1n) is 6.22. The van der Waals surface area contributed by atoms with Crippen LogP contribution in [0.5, 0.6) is 0 Å². The number of nitrogens with zero attached hydrogens (tertiary/aromatic N) is 2. The Balaban J connectivity index is 2.81. The van der Waals surface area contributed by atoms with E-state index in [1.54, 1.807) is 13.0 Å². The van der Waals surface area contributed by atoms with Crippen LogP contribution in [-0.4, -0.2) is 23.4 Å². The Morgan fingerprint density at radius 3 is 2.80 bits per heavy atom. The molecule has 1 aromatic carbocycles. The number of nitrogens with one attached hydrogen (secondary N) is 2. The summed E-state index contributed by atoms with van der Waals surface area (Å²) in [6.45, 7) is 4.22. The number of anilines is 1. The minimum atomic E-state index is -0.611. The van der Waals surface area contributed by atoms with Crippen molar-refractivity contribution < 1.29 is 9.72 Å². The van der Waals surface area contributed by atoms with Crippen molar-refractivity contribution >= 4 is 17.3 Å². The average Bonchev–Trinajstić information content (AvgIpc) is 2.44. The minimum absolute atomic E-state index is 0.0406. The van der Waals surface area contributed by atoms with Gasteiger partial charge in [0.25, 0.3) is 5.69 Å². The predicted molar refractivity (Wildman–Crippen MR) is 74.2 cm³/mol. The Hall–Kier alpha value is -2.62. The summed E-state index contributed by atoms with van der Waals surface area (Å²) in [7, 11) is 0. The quantitative estimate of drug-likeness (QED) is 0.608. The van der Waals surface area contributed by atoms with E-state index in [2.05, 4.69) is 10.6 Å². The lowest BCUT2D eigenvalue weighted by Gasteiger charge is -2.15. The third-order valence-corrected chi connectivity index (χ3v) is 2.64. The Morgan fingerprint density at radius 2 is 2.25 bits per heavy atom. The molecule has 0 aromatic heterocycles. The van der Waals surface area contributed by atoms with E-state index in [-0.39, 0.29) is 17.2 Å². The summed E-state index contributed by atoms with van der Waals surface area (Å²) < 4.78 is 0. The number of nitriles is 1. The third kappa shape index (κ3) is 3.95. The SMILES string of the molecule is CCCNC(=O)C(C)Nc1ccc([N+](=O)[O-])c(C#N)c1. The van der Waals surface area contributed by atoms with Crippen LogP contribution in [0.15, 0.2) is 18.2 Å². The Kier molecular flexibility index (Phi) is 5.47. The van der Waals surface area contributed by atoms with Crippen molar-refractivity contribution in [3.05, 3.63) is 33.9 Å². The summed E-state index contributed by atoms with van der Waals surface area (Å²) in [4.78, 5) is 21.8. The van der Waals surface area contributed by atoms with E-state index in [0.717, 1.165) is 6.42 Å². The molecule has 0 saturated heterocycles. The van der Waals surface area contributed by atoms with Crippen LogP contribution in [0, 0.1) is 21.4 Å². The monoisotopic (exact) mass is 276 g/mol. The van der Waals surface area contributed by atoms with Crippen LogP contribution in [-0.2, 0) is 4.79 Å². The van der Waals surface area contributed by atoms with Gasteiger partial charge in [0.15, 0.2) is 0 Å². The lowest BCUT2D eigenvalue weighted by atomic mass is 10.1. The van der Waals surface area contributed by atoms with Crippen LogP contribution in [0.25, 0.3) is 0 Å². The molecule has 0 aliphatic carbocycles. The molecule has 0 aliphatic rings. The summed E-state index contributed by atoms with van der Waals surface area (Å²) in [5.74, 6) is -0.163. The molecular formula is C13H16N4O3. The van der Waals surface area contributed by atoms with Crippen molar-refractivity contribution in [2.75, 3.05) is 11.9 Å². The largest absolute Gasteiger partial charge is 0.374 e. The maximum absolute atomic E-state index is 11.7. The number of carbonyl (C=O) groups excluding carboxylic acids is 1. The zero-order chi connectivity index (χ0) is 15.1. The molecule has 0 aliphatic heterocycles. The Morgan fingerprint density at radius 1 is 1.55 bits per heavy atom. The molecule has 20 heavy (non-hydrogen) atoms. The number of nitro benzene ring substituents is 1. The second-order valence-electron chi connectivity index (χ2n) is 4.26. The number of amides is 1. The van der Waals surface area contributed by atoms with Gasteiger partial charge < -0.3 is 10.6 Å². The van der Waals surface area contributed by atoms with Gasteiger partial charge in [0, 0.05) is 18.3 Å². The smallest absolute Gasteiger partial charge is 0.287 e. The van der Waals surface area contributed by atoms with E-state index in [4.69, 9.17) is 5.26 Å². The summed E-state index contributed by atoms with van der Waals surface area (Å²) in [5.41, 5.74) is 0.202. The number of rotatable bonds is 6. The molecule has 1 amide bonds. The maximum atomic E-state index is 11.7. The molecule has 7 nitrogen and oxygen atoms in total. The summed E-state index contributed by atoms with van der Waals surface area (Å²) in [5, 5.41) is 25.2. The molecule has 0 fully saturated rings. The van der Waals surface area contributed by atoms with Gasteiger partial charge in [0.05, 0.1) is 4.92 Å². The van der Waals surface area contributed by atoms with Crippen molar-refractivity contribution in [2.45, 2.75) is 26.3 Å². The van der Waals surface area contributed by atoms with E-state index in [1.807, 2.05) is 6.92 Å². The highest BCUT2D eigenvalue weighted by atomic mass is 16.6. The first-order valence-corrected chi connectivity index (χ1v) is 6.22. The van der Waals surface area contributed by atoms with Crippen LogP contribution < -0.4 is 10.6 Å². The highest BCUT2D eigenvalue weighted by Gasteiger charge is 2.16. The molecule has 0 radical (unpaired) electrons. The normalized spacial score (nSPS) is 11.2. The fraction of sp³-hybridized carbons (Fsp3) is 0.385. The molecular weight excluding hydrogens is 260 g/mol. The lowest BCUT2D eigenvalue weighted by Crippen LogP contribution is -2.37. The number of hydrogen-bond donors (Lipinski definition) is 2. The second-order valence-corrected chi connectivity index (χ2v) is 4.26. The van der Waals surface area contributed by atoms with Gasteiger partial charge in [-0.25, -0.2) is 0 Å². The molecule has 0 spiro atoms. The fourth-order valence-corrected chi connectivity index (χ4v) is 1.59. The third-order valence-electron chi connectivity index (χ3n) is 2.64. The van der Waals surface area contributed by atoms with E-state index in [1.165, 1.54) is 18.2 Å². The van der Waals surface area contributed by atoms with Gasteiger partial charge in [-0.05, 0) is 25.5 Å². The standard InChI is InChI=1S/C13H16N4O3/c1-3-6-15-13(18)9(2)16-11-4-5-12(17(19)20)10(7-11)8-14/h4-5,7,9,16H,3,6H2,1-2H3,(H,15,18). The molecule has 0 bridgehead atoms. The lowest BCUT2D eigenvalue weighted by molar-refractivity contribution is -0.385. The first-order chi connectivity index (χ1) is 9.49. The Labute approximate surface area is 116 Å². The van der Waals surface area contributed by atoms with Crippen molar-refractivity contribution in [3.63, 3.8) is 0 Å². The molecule has 0 saturated carbocycles. The molecule has 0 heterocycles. The molecule has 7 heteroatoms. The van der Waals surface area contributed by atoms with E-state index in [9.17, 15) is 14.9 Å². The van der Waals surface area contributed by atoms with Crippen LogP contribution >= 0.6 is 0 Å². The number of carbonyl (C=O) groups is 1. The summed E-state index contributed by atoms with van der Waals surface area (Å²) in [6.07, 6.45) is 0.842. The van der Waals surface area contributed by atoms with Crippen molar-refractivity contribution in [1.82, 2.24) is 5.32 Å². The van der Waals surface area contributed by atoms with E-state index < -0.39 is 11.0 Å². The number of benzene rings is 1. The van der Waals surface area contributed by atoms with Gasteiger partial charge in [-0.2, -0.15) is 5.26 Å². The molecule has 1 unspecified atom stereocenters. The molecule has 1 aromatic rings. The molecule has 1 rings (SSSR count).